The van der Waals surface area contributed by atoms with E-state index in [1.807, 2.05) is 12.1 Å². The van der Waals surface area contributed by atoms with Crippen LogP contribution in [-0.4, -0.2) is 10.7 Å². The average Bonchev–Trinajstić information content (AvgIpc) is 2.57. The zero-order valence-electron chi connectivity index (χ0n) is 7.29. The molecule has 1 aromatic rings. The van der Waals surface area contributed by atoms with Gasteiger partial charge < -0.3 is 9.52 Å². The molecule has 0 amide bonds. The molecule has 1 N–H and O–H groups in total. The summed E-state index contributed by atoms with van der Waals surface area (Å²) in [7, 11) is 0. The SMILES string of the molecule is CC1CC1(O)CCc1ccco1. The summed E-state index contributed by atoms with van der Waals surface area (Å²) in [5.41, 5.74) is -0.382. The van der Waals surface area contributed by atoms with Gasteiger partial charge in [0.25, 0.3) is 0 Å². The zero-order valence-corrected chi connectivity index (χ0v) is 7.29. The number of hydrogen-bond acceptors (Lipinski definition) is 2. The van der Waals surface area contributed by atoms with Crippen molar-refractivity contribution in [3.63, 3.8) is 0 Å². The highest BCUT2D eigenvalue weighted by Crippen LogP contribution is 2.46. The van der Waals surface area contributed by atoms with Gasteiger partial charge in [0, 0.05) is 6.42 Å². The molecule has 66 valence electrons. The lowest BCUT2D eigenvalue weighted by molar-refractivity contribution is 0.122. The predicted octanol–water partition coefficient (Wildman–Crippen LogP) is 1.98. The summed E-state index contributed by atoms with van der Waals surface area (Å²) < 4.78 is 5.18. The maximum atomic E-state index is 9.75. The van der Waals surface area contributed by atoms with Gasteiger partial charge in [0.2, 0.25) is 0 Å². The molecule has 1 aliphatic rings. The highest BCUT2D eigenvalue weighted by molar-refractivity contribution is 5.05. The molecule has 2 unspecified atom stereocenters. The van der Waals surface area contributed by atoms with E-state index in [1.54, 1.807) is 6.26 Å². The minimum atomic E-state index is -0.382. The van der Waals surface area contributed by atoms with Gasteiger partial charge in [-0.05, 0) is 30.9 Å². The summed E-state index contributed by atoms with van der Waals surface area (Å²) in [5.74, 6) is 1.45. The molecule has 0 spiro atoms. The lowest BCUT2D eigenvalue weighted by Gasteiger charge is -2.06. The van der Waals surface area contributed by atoms with Crippen LogP contribution in [0.3, 0.4) is 0 Å². The summed E-state index contributed by atoms with van der Waals surface area (Å²) in [5, 5.41) is 9.75. The number of aryl methyl sites for hydroxylation is 1. The molecule has 0 radical (unpaired) electrons. The Morgan fingerprint density at radius 3 is 3.00 bits per heavy atom. The van der Waals surface area contributed by atoms with Gasteiger partial charge in [-0.15, -0.1) is 0 Å². The third kappa shape index (κ3) is 1.39. The molecule has 0 aliphatic heterocycles. The summed E-state index contributed by atoms with van der Waals surface area (Å²) in [4.78, 5) is 0. The number of furan rings is 1. The van der Waals surface area contributed by atoms with Gasteiger partial charge in [0.05, 0.1) is 11.9 Å². The van der Waals surface area contributed by atoms with E-state index < -0.39 is 0 Å². The molecule has 1 saturated carbocycles. The maximum Gasteiger partial charge on any atom is 0.103 e. The van der Waals surface area contributed by atoms with Crippen LogP contribution in [0.2, 0.25) is 0 Å². The predicted molar refractivity (Wildman–Crippen MR) is 45.8 cm³/mol. The van der Waals surface area contributed by atoms with Gasteiger partial charge >= 0.3 is 0 Å². The summed E-state index contributed by atoms with van der Waals surface area (Å²) in [6.07, 6.45) is 4.32. The normalized spacial score (nSPS) is 33.7. The van der Waals surface area contributed by atoms with Crippen molar-refractivity contribution in [1.29, 1.82) is 0 Å². The van der Waals surface area contributed by atoms with Crippen molar-refractivity contribution in [3.8, 4) is 0 Å². The van der Waals surface area contributed by atoms with Crippen LogP contribution in [0.15, 0.2) is 22.8 Å². The lowest BCUT2D eigenvalue weighted by atomic mass is 10.1. The van der Waals surface area contributed by atoms with E-state index in [1.165, 1.54) is 0 Å². The van der Waals surface area contributed by atoms with E-state index in [9.17, 15) is 5.11 Å². The minimum absolute atomic E-state index is 0.382. The molecule has 0 saturated heterocycles. The Kier molecular flexibility index (Phi) is 1.72. The fraction of sp³-hybridized carbons (Fsp3) is 0.600. The van der Waals surface area contributed by atoms with Gasteiger partial charge in [0.15, 0.2) is 0 Å². The zero-order chi connectivity index (χ0) is 8.60. The molecule has 2 rings (SSSR count). The molecular weight excluding hydrogens is 152 g/mol. The van der Waals surface area contributed by atoms with E-state index in [4.69, 9.17) is 4.42 Å². The standard InChI is InChI=1S/C10H14O2/c1-8-7-10(8,11)5-4-9-3-2-6-12-9/h2-3,6,8,11H,4-5,7H2,1H3. The van der Waals surface area contributed by atoms with E-state index in [0.717, 1.165) is 25.0 Å². The first kappa shape index (κ1) is 7.87. The number of hydrogen-bond donors (Lipinski definition) is 1. The molecular formula is C10H14O2. The van der Waals surface area contributed by atoms with Crippen LogP contribution in [0.5, 0.6) is 0 Å². The third-order valence-electron chi connectivity index (χ3n) is 2.80. The summed E-state index contributed by atoms with van der Waals surface area (Å²) in [6.45, 7) is 2.09. The van der Waals surface area contributed by atoms with Crippen LogP contribution in [-0.2, 0) is 6.42 Å². The summed E-state index contributed by atoms with van der Waals surface area (Å²) in [6, 6.07) is 3.84. The molecule has 0 bridgehead atoms. The Labute approximate surface area is 72.2 Å². The molecule has 0 aromatic carbocycles. The van der Waals surface area contributed by atoms with Crippen LogP contribution in [0.4, 0.5) is 0 Å². The Morgan fingerprint density at radius 1 is 1.75 bits per heavy atom. The quantitative estimate of drug-likeness (QED) is 0.744. The Bertz CT molecular complexity index is 253. The van der Waals surface area contributed by atoms with Crippen LogP contribution in [0.1, 0.15) is 25.5 Å². The molecule has 2 heteroatoms. The molecule has 12 heavy (non-hydrogen) atoms. The topological polar surface area (TPSA) is 33.4 Å². The molecule has 2 atom stereocenters. The molecule has 2 nitrogen and oxygen atoms in total. The van der Waals surface area contributed by atoms with Gasteiger partial charge in [0.1, 0.15) is 5.76 Å². The van der Waals surface area contributed by atoms with E-state index in [2.05, 4.69) is 6.92 Å². The first-order valence-electron chi connectivity index (χ1n) is 4.45. The van der Waals surface area contributed by atoms with Crippen molar-refractivity contribution >= 4 is 0 Å². The number of rotatable bonds is 3. The van der Waals surface area contributed by atoms with E-state index >= 15 is 0 Å². The highest BCUT2D eigenvalue weighted by atomic mass is 16.3. The van der Waals surface area contributed by atoms with E-state index in [0.29, 0.717) is 5.92 Å². The molecule has 1 heterocycles. The largest absolute Gasteiger partial charge is 0.469 e. The second kappa shape index (κ2) is 2.63. The third-order valence-corrected chi connectivity index (χ3v) is 2.80. The Hall–Kier alpha value is -0.760. The Morgan fingerprint density at radius 2 is 2.50 bits per heavy atom. The van der Waals surface area contributed by atoms with Crippen molar-refractivity contribution in [2.24, 2.45) is 5.92 Å². The van der Waals surface area contributed by atoms with Crippen molar-refractivity contribution in [2.75, 3.05) is 0 Å². The van der Waals surface area contributed by atoms with Gasteiger partial charge in [-0.3, -0.25) is 0 Å². The smallest absolute Gasteiger partial charge is 0.103 e. The first-order valence-corrected chi connectivity index (χ1v) is 4.45. The Balaban J connectivity index is 1.84. The van der Waals surface area contributed by atoms with Crippen LogP contribution >= 0.6 is 0 Å². The van der Waals surface area contributed by atoms with Crippen molar-refractivity contribution in [1.82, 2.24) is 0 Å². The van der Waals surface area contributed by atoms with Crippen molar-refractivity contribution < 1.29 is 9.52 Å². The highest BCUT2D eigenvalue weighted by Gasteiger charge is 2.48. The van der Waals surface area contributed by atoms with Crippen LogP contribution in [0.25, 0.3) is 0 Å². The van der Waals surface area contributed by atoms with Crippen molar-refractivity contribution in [2.45, 2.75) is 31.8 Å². The lowest BCUT2D eigenvalue weighted by Crippen LogP contribution is -2.10. The van der Waals surface area contributed by atoms with Gasteiger partial charge in [-0.2, -0.15) is 0 Å². The maximum absolute atomic E-state index is 9.75. The fourth-order valence-electron chi connectivity index (χ4n) is 1.61. The van der Waals surface area contributed by atoms with Gasteiger partial charge in [-0.25, -0.2) is 0 Å². The van der Waals surface area contributed by atoms with Gasteiger partial charge in [-0.1, -0.05) is 6.92 Å². The second-order valence-corrected chi connectivity index (χ2v) is 3.79. The second-order valence-electron chi connectivity index (χ2n) is 3.79. The number of aliphatic hydroxyl groups is 1. The summed E-state index contributed by atoms with van der Waals surface area (Å²) >= 11 is 0. The van der Waals surface area contributed by atoms with Crippen molar-refractivity contribution in [3.05, 3.63) is 24.2 Å². The van der Waals surface area contributed by atoms with E-state index in [-0.39, 0.29) is 5.60 Å². The molecule has 1 aromatic heterocycles. The van der Waals surface area contributed by atoms with Crippen LogP contribution < -0.4 is 0 Å². The minimum Gasteiger partial charge on any atom is -0.469 e. The first-order chi connectivity index (χ1) is 5.71. The molecule has 1 aliphatic carbocycles. The van der Waals surface area contributed by atoms with Crippen LogP contribution in [0, 0.1) is 5.92 Å². The monoisotopic (exact) mass is 166 g/mol. The average molecular weight is 166 g/mol. The fourth-order valence-corrected chi connectivity index (χ4v) is 1.61. The molecule has 1 fully saturated rings.